The van der Waals surface area contributed by atoms with Gasteiger partial charge in [-0.05, 0) is 57.0 Å². The molecule has 2 bridgehead atoms. The van der Waals surface area contributed by atoms with Gasteiger partial charge in [0, 0.05) is 27.9 Å². The molecule has 0 aromatic heterocycles. The van der Waals surface area contributed by atoms with Crippen LogP contribution < -0.4 is 10.2 Å². The molecule has 2 atom stereocenters. The third-order valence-corrected chi connectivity index (χ3v) is 7.45. The van der Waals surface area contributed by atoms with Crippen LogP contribution in [0, 0.1) is 0 Å². The van der Waals surface area contributed by atoms with Gasteiger partial charge in [0.25, 0.3) is 0 Å². The van der Waals surface area contributed by atoms with Gasteiger partial charge in [-0.3, -0.25) is 9.69 Å². The lowest BCUT2D eigenvalue weighted by atomic mass is 9.98. The van der Waals surface area contributed by atoms with E-state index in [2.05, 4.69) is 29.4 Å². The van der Waals surface area contributed by atoms with E-state index in [9.17, 15) is 4.79 Å². The maximum Gasteiger partial charge on any atom is 0.245 e. The Bertz CT molecular complexity index is 811. The first kappa shape index (κ1) is 17.3. The fourth-order valence-corrected chi connectivity index (χ4v) is 5.92. The summed E-state index contributed by atoms with van der Waals surface area (Å²) in [6.45, 7) is 0.390. The molecule has 1 N–H and O–H groups in total. The van der Waals surface area contributed by atoms with Crippen LogP contribution in [-0.2, 0) is 4.79 Å². The monoisotopic (exact) mass is 379 g/mol. The molecule has 3 aliphatic heterocycles. The molecule has 0 saturated carbocycles. The number of carbonyl (C=O) groups is 1. The number of rotatable bonds is 3. The van der Waals surface area contributed by atoms with Gasteiger partial charge in [-0.15, -0.1) is 0 Å². The van der Waals surface area contributed by atoms with Gasteiger partial charge in [0.15, 0.2) is 0 Å². The fraction of sp³-hybridized carbons (Fsp3) is 0.409. The highest BCUT2D eigenvalue weighted by atomic mass is 32.2. The molecule has 2 saturated heterocycles. The van der Waals surface area contributed by atoms with Gasteiger partial charge in [-0.1, -0.05) is 36.0 Å². The molecule has 4 nitrogen and oxygen atoms in total. The Morgan fingerprint density at radius 2 is 1.56 bits per heavy atom. The zero-order chi connectivity index (χ0) is 18.4. The zero-order valence-corrected chi connectivity index (χ0v) is 16.4. The number of para-hydroxylation sites is 2. The van der Waals surface area contributed by atoms with Crippen molar-refractivity contribution >= 4 is 29.0 Å². The molecule has 5 rings (SSSR count). The highest BCUT2D eigenvalue weighted by Gasteiger charge is 2.38. The second-order valence-electron chi connectivity index (χ2n) is 7.87. The van der Waals surface area contributed by atoms with Crippen LogP contribution in [0.15, 0.2) is 58.3 Å². The maximum atomic E-state index is 13.3. The van der Waals surface area contributed by atoms with Crippen LogP contribution in [0.25, 0.3) is 0 Å². The first-order valence-electron chi connectivity index (χ1n) is 9.85. The highest BCUT2D eigenvalue weighted by Crippen LogP contribution is 2.47. The number of nitrogens with zero attached hydrogens (tertiary/aromatic N) is 2. The Morgan fingerprint density at radius 1 is 1.00 bits per heavy atom. The van der Waals surface area contributed by atoms with E-state index in [0.717, 1.165) is 34.0 Å². The molecule has 2 fully saturated rings. The molecule has 140 valence electrons. The third kappa shape index (κ3) is 3.08. The molecule has 0 radical (unpaired) electrons. The smallest absolute Gasteiger partial charge is 0.245 e. The summed E-state index contributed by atoms with van der Waals surface area (Å²) in [6, 6.07) is 18.2. The first-order valence-corrected chi connectivity index (χ1v) is 10.7. The summed E-state index contributed by atoms with van der Waals surface area (Å²) in [5.74, 6) is 0.126. The van der Waals surface area contributed by atoms with Crippen LogP contribution >= 0.6 is 11.8 Å². The summed E-state index contributed by atoms with van der Waals surface area (Å²) in [5.41, 5.74) is 1.99. The highest BCUT2D eigenvalue weighted by molar-refractivity contribution is 7.99. The molecular weight excluding hydrogens is 354 g/mol. The zero-order valence-electron chi connectivity index (χ0n) is 15.6. The number of amides is 1. The van der Waals surface area contributed by atoms with Crippen LogP contribution in [0.2, 0.25) is 0 Å². The Balaban J connectivity index is 1.35. The average molecular weight is 380 g/mol. The Morgan fingerprint density at radius 3 is 2.15 bits per heavy atom. The predicted octanol–water partition coefficient (Wildman–Crippen LogP) is 4.03. The normalized spacial score (nSPS) is 26.6. The number of benzene rings is 2. The van der Waals surface area contributed by atoms with Gasteiger partial charge < -0.3 is 10.2 Å². The van der Waals surface area contributed by atoms with Gasteiger partial charge in [0.1, 0.15) is 0 Å². The predicted molar refractivity (Wildman–Crippen MR) is 110 cm³/mol. The van der Waals surface area contributed by atoms with Crippen molar-refractivity contribution in [3.63, 3.8) is 0 Å². The average Bonchev–Trinajstić information content (AvgIpc) is 2.91. The van der Waals surface area contributed by atoms with Crippen molar-refractivity contribution in [2.75, 3.05) is 18.5 Å². The van der Waals surface area contributed by atoms with E-state index in [4.69, 9.17) is 0 Å². The molecular formula is C22H25N3OS. The Hall–Kier alpha value is -1.82. The summed E-state index contributed by atoms with van der Waals surface area (Å²) in [5, 5.41) is 3.58. The summed E-state index contributed by atoms with van der Waals surface area (Å²) in [7, 11) is 2.25. The molecule has 3 heterocycles. The van der Waals surface area contributed by atoms with Crippen molar-refractivity contribution in [1.29, 1.82) is 0 Å². The van der Waals surface area contributed by atoms with Crippen molar-refractivity contribution in [3.05, 3.63) is 48.5 Å². The molecule has 0 aliphatic carbocycles. The van der Waals surface area contributed by atoms with E-state index in [-0.39, 0.29) is 5.91 Å². The summed E-state index contributed by atoms with van der Waals surface area (Å²) in [4.78, 5) is 20.0. The second kappa shape index (κ2) is 6.97. The van der Waals surface area contributed by atoms with Crippen LogP contribution in [0.5, 0.6) is 0 Å². The van der Waals surface area contributed by atoms with E-state index >= 15 is 0 Å². The fourth-order valence-electron chi connectivity index (χ4n) is 4.86. The van der Waals surface area contributed by atoms with Crippen molar-refractivity contribution < 1.29 is 4.79 Å². The largest absolute Gasteiger partial charge is 0.305 e. The number of hydrogen-bond acceptors (Lipinski definition) is 4. The van der Waals surface area contributed by atoms with Crippen molar-refractivity contribution in [1.82, 2.24) is 10.2 Å². The lowest BCUT2D eigenvalue weighted by Crippen LogP contribution is -2.49. The van der Waals surface area contributed by atoms with Crippen LogP contribution in [0.1, 0.15) is 25.7 Å². The van der Waals surface area contributed by atoms with Crippen LogP contribution in [0.4, 0.5) is 11.4 Å². The number of carbonyl (C=O) groups excluding carboxylic acids is 1. The number of piperidine rings is 1. The van der Waals surface area contributed by atoms with Crippen molar-refractivity contribution in [2.24, 2.45) is 0 Å². The maximum absolute atomic E-state index is 13.3. The number of anilines is 2. The molecule has 0 spiro atoms. The second-order valence-corrected chi connectivity index (χ2v) is 8.95. The van der Waals surface area contributed by atoms with E-state index in [1.165, 1.54) is 12.8 Å². The van der Waals surface area contributed by atoms with Gasteiger partial charge in [-0.25, -0.2) is 0 Å². The van der Waals surface area contributed by atoms with Gasteiger partial charge >= 0.3 is 0 Å². The molecule has 3 aliphatic rings. The summed E-state index contributed by atoms with van der Waals surface area (Å²) < 4.78 is 0. The Kier molecular flexibility index (Phi) is 4.46. The van der Waals surface area contributed by atoms with E-state index < -0.39 is 0 Å². The van der Waals surface area contributed by atoms with Gasteiger partial charge in [0.2, 0.25) is 5.91 Å². The van der Waals surface area contributed by atoms with Crippen molar-refractivity contribution in [3.8, 4) is 0 Å². The lowest BCUT2D eigenvalue weighted by molar-refractivity contribution is -0.117. The minimum Gasteiger partial charge on any atom is -0.305 e. The molecule has 1 amide bonds. The van der Waals surface area contributed by atoms with Gasteiger partial charge in [-0.2, -0.15) is 0 Å². The van der Waals surface area contributed by atoms with E-state index in [0.29, 0.717) is 24.7 Å². The quantitative estimate of drug-likeness (QED) is 0.873. The summed E-state index contributed by atoms with van der Waals surface area (Å²) in [6.07, 6.45) is 4.92. The molecule has 2 aromatic carbocycles. The van der Waals surface area contributed by atoms with E-state index in [1.807, 2.05) is 41.3 Å². The molecule has 27 heavy (non-hydrogen) atoms. The Labute approximate surface area is 164 Å². The SMILES string of the molecule is CN1[C@@H]2CC[C@@H]1CC(NCC(=O)N1c3ccccc3Sc3ccccc31)C2. The lowest BCUT2D eigenvalue weighted by Gasteiger charge is -2.37. The molecule has 2 aromatic rings. The van der Waals surface area contributed by atoms with Crippen LogP contribution in [0.3, 0.4) is 0 Å². The summed E-state index contributed by atoms with van der Waals surface area (Å²) >= 11 is 1.74. The number of hydrogen-bond donors (Lipinski definition) is 1. The molecule has 0 unspecified atom stereocenters. The standard InChI is InChI=1S/C22H25N3OS/c1-24-16-10-11-17(24)13-15(12-16)23-14-22(26)25-18-6-2-4-8-20(18)27-21-9-5-3-7-19(21)25/h2-9,15-17,23H,10-14H2,1H3/t16-,17-/m1/s1. The minimum absolute atomic E-state index is 0.126. The number of nitrogens with one attached hydrogen (secondary N) is 1. The van der Waals surface area contributed by atoms with Gasteiger partial charge in [0.05, 0.1) is 17.9 Å². The molecule has 5 heteroatoms. The first-order chi connectivity index (χ1) is 13.2. The third-order valence-electron chi connectivity index (χ3n) is 6.32. The van der Waals surface area contributed by atoms with Crippen LogP contribution in [-0.4, -0.2) is 42.5 Å². The van der Waals surface area contributed by atoms with E-state index in [1.54, 1.807) is 11.8 Å². The number of fused-ring (bicyclic) bond motifs is 4. The minimum atomic E-state index is 0.126. The topological polar surface area (TPSA) is 35.6 Å². The van der Waals surface area contributed by atoms with Crippen molar-refractivity contribution in [2.45, 2.75) is 53.6 Å².